The van der Waals surface area contributed by atoms with E-state index in [0.29, 0.717) is 29.0 Å². The number of nitrogens with zero attached hydrogens (tertiary/aromatic N) is 3. The molecule has 2 aliphatic rings. The molecule has 33 heavy (non-hydrogen) atoms. The molecule has 2 atom stereocenters. The molecule has 2 fully saturated rings. The van der Waals surface area contributed by atoms with E-state index in [1.54, 1.807) is 33.8 Å². The van der Waals surface area contributed by atoms with Crippen molar-refractivity contribution in [2.24, 2.45) is 5.92 Å². The van der Waals surface area contributed by atoms with Crippen LogP contribution in [-0.2, 0) is 4.74 Å². The van der Waals surface area contributed by atoms with Crippen LogP contribution in [0.25, 0.3) is 10.9 Å². The quantitative estimate of drug-likeness (QED) is 0.677. The Labute approximate surface area is 191 Å². The minimum atomic E-state index is -0.690. The van der Waals surface area contributed by atoms with Gasteiger partial charge in [-0.3, -0.25) is 9.36 Å². The second kappa shape index (κ2) is 8.07. The molecular formula is C23H32FN5O4. The second-order valence-electron chi connectivity index (χ2n) is 10.2. The smallest absolute Gasteiger partial charge is 0.407 e. The van der Waals surface area contributed by atoms with E-state index in [1.807, 2.05) is 11.8 Å². The first-order chi connectivity index (χ1) is 15.4. The molecule has 2 aromatic rings. The molecule has 2 heterocycles. The number of fused-ring (bicyclic) bond motifs is 1. The molecule has 10 heteroatoms. The van der Waals surface area contributed by atoms with E-state index in [2.05, 4.69) is 5.32 Å². The van der Waals surface area contributed by atoms with Crippen molar-refractivity contribution in [1.82, 2.24) is 14.6 Å². The molecule has 0 spiro atoms. The molecule has 3 N–H and O–H groups in total. The van der Waals surface area contributed by atoms with Gasteiger partial charge in [0.2, 0.25) is 0 Å². The molecule has 0 bridgehead atoms. The van der Waals surface area contributed by atoms with Gasteiger partial charge in [-0.15, -0.1) is 0 Å². The molecule has 1 aliphatic carbocycles. The molecule has 4 rings (SSSR count). The van der Waals surface area contributed by atoms with Gasteiger partial charge in [0.1, 0.15) is 11.4 Å². The number of aryl methyl sites for hydroxylation is 1. The summed E-state index contributed by atoms with van der Waals surface area (Å²) in [6.07, 6.45) is 1.91. The van der Waals surface area contributed by atoms with Gasteiger partial charge in [-0.1, -0.05) is 0 Å². The maximum atomic E-state index is 15.5. The first-order valence-electron chi connectivity index (χ1n) is 11.4. The van der Waals surface area contributed by atoms with Crippen LogP contribution in [0.3, 0.4) is 0 Å². The zero-order chi connectivity index (χ0) is 24.2. The van der Waals surface area contributed by atoms with Crippen molar-refractivity contribution < 1.29 is 13.9 Å². The zero-order valence-corrected chi connectivity index (χ0v) is 19.8. The Bertz CT molecular complexity index is 1220. The summed E-state index contributed by atoms with van der Waals surface area (Å²) < 4.78 is 22.9. The van der Waals surface area contributed by atoms with Crippen molar-refractivity contribution in [3.05, 3.63) is 38.3 Å². The van der Waals surface area contributed by atoms with E-state index in [0.717, 1.165) is 19.3 Å². The van der Waals surface area contributed by atoms with Crippen molar-refractivity contribution in [3.8, 4) is 0 Å². The third-order valence-corrected chi connectivity index (χ3v) is 6.49. The average molecular weight is 462 g/mol. The summed E-state index contributed by atoms with van der Waals surface area (Å²) in [4.78, 5) is 39.4. The number of halogens is 1. The van der Waals surface area contributed by atoms with Gasteiger partial charge in [-0.05, 0) is 65.9 Å². The van der Waals surface area contributed by atoms with Crippen molar-refractivity contribution in [3.63, 3.8) is 0 Å². The SMILES string of the molecule is Cc1c(F)c(N2CCC([C@@H](C)NC(=O)OC(C)(C)C)C2)cc2c1c(=O)n(N)c(=O)n2C1CC1. The van der Waals surface area contributed by atoms with Crippen LogP contribution in [0.2, 0.25) is 0 Å². The number of nitrogen functional groups attached to an aromatic ring is 1. The monoisotopic (exact) mass is 461 g/mol. The van der Waals surface area contributed by atoms with Gasteiger partial charge in [0.25, 0.3) is 5.56 Å². The van der Waals surface area contributed by atoms with E-state index >= 15 is 4.39 Å². The number of rotatable bonds is 4. The number of ether oxygens (including phenoxy) is 1. The molecular weight excluding hydrogens is 429 g/mol. The Morgan fingerprint density at radius 1 is 1.27 bits per heavy atom. The summed E-state index contributed by atoms with van der Waals surface area (Å²) in [7, 11) is 0. The van der Waals surface area contributed by atoms with Crippen molar-refractivity contribution >= 4 is 22.7 Å². The number of carbonyl (C=O) groups is 1. The topological polar surface area (TPSA) is 112 Å². The zero-order valence-electron chi connectivity index (χ0n) is 19.8. The van der Waals surface area contributed by atoms with Crippen LogP contribution in [0.5, 0.6) is 0 Å². The van der Waals surface area contributed by atoms with Crippen molar-refractivity contribution in [2.75, 3.05) is 23.8 Å². The first kappa shape index (κ1) is 23.1. The van der Waals surface area contributed by atoms with Crippen LogP contribution in [0.1, 0.15) is 58.6 Å². The van der Waals surface area contributed by atoms with Crippen LogP contribution in [0.15, 0.2) is 15.7 Å². The predicted octanol–water partition coefficient (Wildman–Crippen LogP) is 2.40. The predicted molar refractivity (Wildman–Crippen MR) is 125 cm³/mol. The Morgan fingerprint density at radius 2 is 1.94 bits per heavy atom. The van der Waals surface area contributed by atoms with E-state index in [-0.39, 0.29) is 29.0 Å². The fourth-order valence-electron chi connectivity index (χ4n) is 4.59. The van der Waals surface area contributed by atoms with Crippen LogP contribution in [-0.4, -0.2) is 40.1 Å². The standard InChI is InChI=1S/C23H32FN5O4/c1-12-18-16(28(15-6-7-15)22(32)29(25)20(18)30)10-17(19(12)24)27-9-8-14(11-27)13(2)26-21(31)33-23(3,4)5/h10,13-15H,6-9,11,25H2,1-5H3,(H,26,31)/t13-,14?/m1/s1. The van der Waals surface area contributed by atoms with Gasteiger partial charge in [0.05, 0.1) is 16.6 Å². The summed E-state index contributed by atoms with van der Waals surface area (Å²) in [5.74, 6) is 5.32. The number of aromatic nitrogens is 2. The highest BCUT2D eigenvalue weighted by atomic mass is 19.1. The summed E-state index contributed by atoms with van der Waals surface area (Å²) in [5, 5.41) is 3.01. The third kappa shape index (κ3) is 4.30. The van der Waals surface area contributed by atoms with Gasteiger partial charge in [-0.2, -0.15) is 4.68 Å². The van der Waals surface area contributed by atoms with E-state index < -0.39 is 28.8 Å². The first-order valence-corrected chi connectivity index (χ1v) is 11.4. The Balaban J connectivity index is 1.64. The van der Waals surface area contributed by atoms with Crippen LogP contribution in [0, 0.1) is 18.7 Å². The summed E-state index contributed by atoms with van der Waals surface area (Å²) in [6, 6.07) is 1.41. The normalized spacial score (nSPS) is 19.7. The van der Waals surface area contributed by atoms with E-state index in [1.165, 1.54) is 4.57 Å². The van der Waals surface area contributed by atoms with E-state index in [9.17, 15) is 14.4 Å². The molecule has 1 saturated heterocycles. The number of anilines is 1. The number of carbonyl (C=O) groups excluding carboxylic acids is 1. The lowest BCUT2D eigenvalue weighted by atomic mass is 10.0. The molecule has 180 valence electrons. The van der Waals surface area contributed by atoms with Crippen LogP contribution in [0.4, 0.5) is 14.9 Å². The molecule has 1 aromatic heterocycles. The minimum Gasteiger partial charge on any atom is -0.444 e. The van der Waals surface area contributed by atoms with Gasteiger partial charge in [0.15, 0.2) is 0 Å². The number of amides is 1. The highest BCUT2D eigenvalue weighted by molar-refractivity contribution is 5.86. The lowest BCUT2D eigenvalue weighted by Crippen LogP contribution is -2.45. The lowest BCUT2D eigenvalue weighted by molar-refractivity contribution is 0.0494. The molecule has 0 radical (unpaired) electrons. The van der Waals surface area contributed by atoms with Gasteiger partial charge < -0.3 is 20.8 Å². The number of nitrogens with one attached hydrogen (secondary N) is 1. The number of hydrogen-bond acceptors (Lipinski definition) is 6. The third-order valence-electron chi connectivity index (χ3n) is 6.49. The van der Waals surface area contributed by atoms with Crippen LogP contribution >= 0.6 is 0 Å². The fraction of sp³-hybridized carbons (Fsp3) is 0.609. The summed E-state index contributed by atoms with van der Waals surface area (Å²) in [6.45, 7) is 9.99. The van der Waals surface area contributed by atoms with E-state index in [4.69, 9.17) is 10.6 Å². The van der Waals surface area contributed by atoms with Gasteiger partial charge >= 0.3 is 11.8 Å². The van der Waals surface area contributed by atoms with Gasteiger partial charge in [0, 0.05) is 30.7 Å². The Morgan fingerprint density at radius 3 is 2.55 bits per heavy atom. The number of hydrogen-bond donors (Lipinski definition) is 2. The molecule has 1 aromatic carbocycles. The number of nitrogens with two attached hydrogens (primary N) is 1. The lowest BCUT2D eigenvalue weighted by Gasteiger charge is -2.26. The molecule has 1 saturated carbocycles. The molecule has 1 amide bonds. The average Bonchev–Trinajstić information content (AvgIpc) is 3.42. The second-order valence-corrected chi connectivity index (χ2v) is 10.2. The molecule has 1 aliphatic heterocycles. The molecule has 1 unspecified atom stereocenters. The number of benzene rings is 1. The highest BCUT2D eigenvalue weighted by Crippen LogP contribution is 2.38. The Kier molecular flexibility index (Phi) is 5.66. The van der Waals surface area contributed by atoms with Crippen molar-refractivity contribution in [1.29, 1.82) is 0 Å². The highest BCUT2D eigenvalue weighted by Gasteiger charge is 2.33. The maximum absolute atomic E-state index is 15.5. The number of alkyl carbamates (subject to hydrolysis) is 1. The summed E-state index contributed by atoms with van der Waals surface area (Å²) >= 11 is 0. The van der Waals surface area contributed by atoms with Crippen LogP contribution < -0.4 is 27.3 Å². The Hall–Kier alpha value is -3.04. The molecule has 9 nitrogen and oxygen atoms in total. The largest absolute Gasteiger partial charge is 0.444 e. The minimum absolute atomic E-state index is 0.0301. The maximum Gasteiger partial charge on any atom is 0.407 e. The van der Waals surface area contributed by atoms with Gasteiger partial charge in [-0.25, -0.2) is 14.0 Å². The fourth-order valence-corrected chi connectivity index (χ4v) is 4.59. The van der Waals surface area contributed by atoms with Crippen molar-refractivity contribution in [2.45, 2.75) is 71.6 Å². The summed E-state index contributed by atoms with van der Waals surface area (Å²) in [5.41, 5.74) is -0.895.